The molecule has 0 spiro atoms. The number of amides is 1. The van der Waals surface area contributed by atoms with Crippen molar-refractivity contribution in [3.05, 3.63) is 48.3 Å². The predicted octanol–water partition coefficient (Wildman–Crippen LogP) is 1.96. The third-order valence-corrected chi connectivity index (χ3v) is 4.28. The summed E-state index contributed by atoms with van der Waals surface area (Å²) in [5.41, 5.74) is 7.95. The molecular formula is C17H22N4O. The number of hydrogen-bond donors (Lipinski definition) is 1. The molecule has 3 rings (SSSR count). The standard InChI is InChI=1S/C17H22N4O/c1-20(17(22)14-7-8-15(18)9-14)11-13-10-19-21(12-13)16-5-3-2-4-6-16/h2-6,10,12,14-15H,7-9,11,18H2,1H3. The molecule has 2 unspecified atom stereocenters. The Hall–Kier alpha value is -2.14. The lowest BCUT2D eigenvalue weighted by Crippen LogP contribution is -2.32. The minimum Gasteiger partial charge on any atom is -0.341 e. The molecule has 1 aromatic heterocycles. The molecule has 1 aromatic carbocycles. The lowest BCUT2D eigenvalue weighted by atomic mass is 10.1. The van der Waals surface area contributed by atoms with E-state index in [1.165, 1.54) is 0 Å². The number of carbonyl (C=O) groups excluding carboxylic acids is 1. The van der Waals surface area contributed by atoms with Crippen molar-refractivity contribution in [2.45, 2.75) is 31.8 Å². The van der Waals surface area contributed by atoms with Crippen LogP contribution in [0, 0.1) is 5.92 Å². The molecule has 1 heterocycles. The van der Waals surface area contributed by atoms with E-state index < -0.39 is 0 Å². The average molecular weight is 298 g/mol. The summed E-state index contributed by atoms with van der Waals surface area (Å²) in [6, 6.07) is 10.1. The van der Waals surface area contributed by atoms with Crippen LogP contribution in [0.1, 0.15) is 24.8 Å². The molecule has 1 amide bonds. The van der Waals surface area contributed by atoms with E-state index in [0.29, 0.717) is 6.54 Å². The molecule has 1 saturated carbocycles. The molecule has 0 radical (unpaired) electrons. The van der Waals surface area contributed by atoms with Crippen molar-refractivity contribution in [2.24, 2.45) is 11.7 Å². The molecule has 1 fully saturated rings. The van der Waals surface area contributed by atoms with E-state index in [9.17, 15) is 4.79 Å². The minimum atomic E-state index is 0.0872. The number of aromatic nitrogens is 2. The predicted molar refractivity (Wildman–Crippen MR) is 85.4 cm³/mol. The molecule has 22 heavy (non-hydrogen) atoms. The first-order chi connectivity index (χ1) is 10.6. The van der Waals surface area contributed by atoms with Crippen LogP contribution in [-0.4, -0.2) is 33.7 Å². The van der Waals surface area contributed by atoms with Gasteiger partial charge in [0.05, 0.1) is 11.9 Å². The van der Waals surface area contributed by atoms with Crippen LogP contribution in [0.4, 0.5) is 0 Å². The van der Waals surface area contributed by atoms with Gasteiger partial charge in [-0.3, -0.25) is 4.79 Å². The van der Waals surface area contributed by atoms with Gasteiger partial charge in [0.1, 0.15) is 0 Å². The molecule has 2 atom stereocenters. The number of hydrogen-bond acceptors (Lipinski definition) is 3. The van der Waals surface area contributed by atoms with Crippen molar-refractivity contribution in [3.63, 3.8) is 0 Å². The number of nitrogens with two attached hydrogens (primary N) is 1. The van der Waals surface area contributed by atoms with Gasteiger partial charge in [0.25, 0.3) is 0 Å². The first kappa shape index (κ1) is 14.8. The second-order valence-corrected chi connectivity index (χ2v) is 6.09. The first-order valence-corrected chi connectivity index (χ1v) is 7.73. The Morgan fingerprint density at radius 2 is 2.14 bits per heavy atom. The van der Waals surface area contributed by atoms with Crippen molar-refractivity contribution in [1.29, 1.82) is 0 Å². The topological polar surface area (TPSA) is 64.2 Å². The van der Waals surface area contributed by atoms with Gasteiger partial charge in [-0.1, -0.05) is 18.2 Å². The van der Waals surface area contributed by atoms with E-state index in [2.05, 4.69) is 5.10 Å². The number of rotatable bonds is 4. The fourth-order valence-electron chi connectivity index (χ4n) is 3.07. The third kappa shape index (κ3) is 3.20. The van der Waals surface area contributed by atoms with Crippen molar-refractivity contribution >= 4 is 5.91 Å². The smallest absolute Gasteiger partial charge is 0.225 e. The van der Waals surface area contributed by atoms with E-state index in [0.717, 1.165) is 30.5 Å². The lowest BCUT2D eigenvalue weighted by molar-refractivity contribution is -0.134. The summed E-state index contributed by atoms with van der Waals surface area (Å²) >= 11 is 0. The van der Waals surface area contributed by atoms with Gasteiger partial charge in [0, 0.05) is 37.3 Å². The van der Waals surface area contributed by atoms with Crippen LogP contribution in [0.5, 0.6) is 0 Å². The maximum atomic E-state index is 12.4. The minimum absolute atomic E-state index is 0.0872. The summed E-state index contributed by atoms with van der Waals surface area (Å²) in [5.74, 6) is 0.282. The van der Waals surface area contributed by atoms with Gasteiger partial charge in [0.15, 0.2) is 0 Å². The van der Waals surface area contributed by atoms with Gasteiger partial charge in [-0.25, -0.2) is 4.68 Å². The molecule has 116 valence electrons. The zero-order valence-corrected chi connectivity index (χ0v) is 12.9. The normalized spacial score (nSPS) is 21.0. The van der Waals surface area contributed by atoms with Crippen molar-refractivity contribution in [1.82, 2.24) is 14.7 Å². The Morgan fingerprint density at radius 1 is 1.36 bits per heavy atom. The molecular weight excluding hydrogens is 276 g/mol. The molecule has 1 aliphatic rings. The van der Waals surface area contributed by atoms with Gasteiger partial charge in [-0.05, 0) is 31.4 Å². The second-order valence-electron chi connectivity index (χ2n) is 6.09. The summed E-state index contributed by atoms with van der Waals surface area (Å²) in [6.45, 7) is 0.581. The van der Waals surface area contributed by atoms with E-state index in [1.807, 2.05) is 54.5 Å². The number of nitrogens with zero attached hydrogens (tertiary/aromatic N) is 3. The number of benzene rings is 1. The van der Waals surface area contributed by atoms with Crippen LogP contribution in [0.15, 0.2) is 42.7 Å². The van der Waals surface area contributed by atoms with E-state index in [1.54, 1.807) is 4.90 Å². The first-order valence-electron chi connectivity index (χ1n) is 7.73. The SMILES string of the molecule is CN(Cc1cnn(-c2ccccc2)c1)C(=O)C1CCC(N)C1. The fourth-order valence-corrected chi connectivity index (χ4v) is 3.07. The Labute approximate surface area is 130 Å². The number of carbonyl (C=O) groups is 1. The summed E-state index contributed by atoms with van der Waals surface area (Å²) in [7, 11) is 1.85. The van der Waals surface area contributed by atoms with Crippen LogP contribution in [0.2, 0.25) is 0 Å². The largest absolute Gasteiger partial charge is 0.341 e. The highest BCUT2D eigenvalue weighted by molar-refractivity contribution is 5.78. The van der Waals surface area contributed by atoms with Crippen molar-refractivity contribution < 1.29 is 4.79 Å². The van der Waals surface area contributed by atoms with Gasteiger partial charge >= 0.3 is 0 Å². The molecule has 0 aliphatic heterocycles. The zero-order chi connectivity index (χ0) is 15.5. The Morgan fingerprint density at radius 3 is 2.82 bits per heavy atom. The third-order valence-electron chi connectivity index (χ3n) is 4.28. The van der Waals surface area contributed by atoms with E-state index in [-0.39, 0.29) is 17.9 Å². The maximum Gasteiger partial charge on any atom is 0.225 e. The maximum absolute atomic E-state index is 12.4. The summed E-state index contributed by atoms with van der Waals surface area (Å²) < 4.78 is 1.83. The van der Waals surface area contributed by atoms with Crippen LogP contribution >= 0.6 is 0 Å². The molecule has 5 heteroatoms. The highest BCUT2D eigenvalue weighted by atomic mass is 16.2. The molecule has 1 aliphatic carbocycles. The Balaban J connectivity index is 1.64. The summed E-state index contributed by atoms with van der Waals surface area (Å²) in [5, 5.41) is 4.37. The Kier molecular flexibility index (Phi) is 4.24. The van der Waals surface area contributed by atoms with Crippen LogP contribution in [0.3, 0.4) is 0 Å². The molecule has 2 N–H and O–H groups in total. The van der Waals surface area contributed by atoms with E-state index in [4.69, 9.17) is 5.73 Å². The zero-order valence-electron chi connectivity index (χ0n) is 12.9. The highest BCUT2D eigenvalue weighted by Crippen LogP contribution is 2.26. The molecule has 2 aromatic rings. The average Bonchev–Trinajstić information content (AvgIpc) is 3.16. The quantitative estimate of drug-likeness (QED) is 0.938. The number of para-hydroxylation sites is 1. The van der Waals surface area contributed by atoms with Crippen molar-refractivity contribution in [3.8, 4) is 5.69 Å². The summed E-state index contributed by atoms with van der Waals surface area (Å²) in [4.78, 5) is 14.2. The highest BCUT2D eigenvalue weighted by Gasteiger charge is 2.29. The van der Waals surface area contributed by atoms with Crippen LogP contribution < -0.4 is 5.73 Å². The van der Waals surface area contributed by atoms with E-state index >= 15 is 0 Å². The van der Waals surface area contributed by atoms with Gasteiger partial charge in [0.2, 0.25) is 5.91 Å². The second kappa shape index (κ2) is 6.32. The monoisotopic (exact) mass is 298 g/mol. The van der Waals surface area contributed by atoms with Crippen LogP contribution in [0.25, 0.3) is 5.69 Å². The lowest BCUT2D eigenvalue weighted by Gasteiger charge is -2.20. The fraction of sp³-hybridized carbons (Fsp3) is 0.412. The molecule has 0 bridgehead atoms. The molecule has 5 nitrogen and oxygen atoms in total. The Bertz CT molecular complexity index is 637. The van der Waals surface area contributed by atoms with Gasteiger partial charge in [-0.15, -0.1) is 0 Å². The van der Waals surface area contributed by atoms with Gasteiger partial charge < -0.3 is 10.6 Å². The van der Waals surface area contributed by atoms with Crippen LogP contribution in [-0.2, 0) is 11.3 Å². The molecule has 0 saturated heterocycles. The van der Waals surface area contributed by atoms with Gasteiger partial charge in [-0.2, -0.15) is 5.10 Å². The summed E-state index contributed by atoms with van der Waals surface area (Å²) in [6.07, 6.45) is 6.47. The van der Waals surface area contributed by atoms with Crippen molar-refractivity contribution in [2.75, 3.05) is 7.05 Å².